The third-order valence-corrected chi connectivity index (χ3v) is 6.27. The molecule has 171 valence electrons. The van der Waals surface area contributed by atoms with Crippen molar-refractivity contribution in [2.45, 2.75) is 51.5 Å². The Morgan fingerprint density at radius 2 is 1.94 bits per heavy atom. The summed E-state index contributed by atoms with van der Waals surface area (Å²) in [6.07, 6.45) is 8.15. The van der Waals surface area contributed by atoms with Gasteiger partial charge < -0.3 is 28.6 Å². The summed E-state index contributed by atoms with van der Waals surface area (Å²) in [5.74, 6) is 9.17. The molecule has 1 unspecified atom stereocenters. The van der Waals surface area contributed by atoms with E-state index in [-0.39, 0.29) is 45.6 Å². The fourth-order valence-corrected chi connectivity index (χ4v) is 4.59. The van der Waals surface area contributed by atoms with Gasteiger partial charge in [-0.3, -0.25) is 4.98 Å². The summed E-state index contributed by atoms with van der Waals surface area (Å²) < 4.78 is 1.38. The standard InChI is InChI=1S/C22H25ClN5.CH5N.CH3.Y/c1-4-6-10-22(5-2)15(3)27(20-13-25-11-9-17(20)22)14-21-26-18-8-7-16(23)12-19(18)28(21)24;1-2;;/h7-9,11-13,24H,3-6,10,14H2,1-2H3;2H2,1H3;1H3;/q-1;;-1;. The first-order chi connectivity index (χ1) is 14.5. The molecule has 32 heavy (non-hydrogen) atoms. The second kappa shape index (κ2) is 12.1. The van der Waals surface area contributed by atoms with Crippen LogP contribution in [0.15, 0.2) is 48.9 Å². The molecule has 6 nitrogen and oxygen atoms in total. The van der Waals surface area contributed by atoms with Gasteiger partial charge in [0, 0.05) is 55.0 Å². The fourth-order valence-electron chi connectivity index (χ4n) is 4.42. The van der Waals surface area contributed by atoms with Crippen molar-refractivity contribution in [1.29, 1.82) is 0 Å². The van der Waals surface area contributed by atoms with Crippen molar-refractivity contribution in [2.24, 2.45) is 5.73 Å². The van der Waals surface area contributed by atoms with Crippen LogP contribution in [0, 0.1) is 7.43 Å². The van der Waals surface area contributed by atoms with E-state index in [2.05, 4.69) is 47.1 Å². The summed E-state index contributed by atoms with van der Waals surface area (Å²) in [5, 5.41) is 0.608. The number of nitrogens with zero attached hydrogens (tertiary/aromatic N) is 4. The van der Waals surface area contributed by atoms with Crippen LogP contribution in [0.5, 0.6) is 0 Å². The van der Waals surface area contributed by atoms with Crippen molar-refractivity contribution < 1.29 is 32.7 Å². The van der Waals surface area contributed by atoms with Crippen LogP contribution in [0.3, 0.4) is 0 Å². The summed E-state index contributed by atoms with van der Waals surface area (Å²) in [5.41, 5.74) is 9.37. The number of rotatable bonds is 6. The quantitative estimate of drug-likeness (QED) is 0.380. The number of aromatic nitrogens is 3. The Morgan fingerprint density at radius 3 is 2.59 bits per heavy atom. The summed E-state index contributed by atoms with van der Waals surface area (Å²) in [6, 6.07) is 7.58. The van der Waals surface area contributed by atoms with Crippen LogP contribution in [0.1, 0.15) is 50.9 Å². The molecule has 3 N–H and O–H groups in total. The molecule has 0 bridgehead atoms. The van der Waals surface area contributed by atoms with Crippen LogP contribution >= 0.6 is 11.6 Å². The molecule has 1 aliphatic rings. The van der Waals surface area contributed by atoms with Gasteiger partial charge >= 0.3 is 0 Å². The molecule has 0 amide bonds. The van der Waals surface area contributed by atoms with E-state index >= 15 is 0 Å². The van der Waals surface area contributed by atoms with Crippen molar-refractivity contribution >= 4 is 28.3 Å². The van der Waals surface area contributed by atoms with Crippen LogP contribution in [0.2, 0.25) is 5.02 Å². The van der Waals surface area contributed by atoms with E-state index in [9.17, 15) is 0 Å². The van der Waals surface area contributed by atoms with Gasteiger partial charge in [-0.25, -0.2) is 4.98 Å². The molecule has 4 rings (SSSR count). The van der Waals surface area contributed by atoms with Crippen molar-refractivity contribution in [3.63, 3.8) is 0 Å². The molecule has 1 radical (unpaired) electrons. The van der Waals surface area contributed by atoms with Crippen LogP contribution in [0.25, 0.3) is 16.9 Å². The van der Waals surface area contributed by atoms with Crippen molar-refractivity contribution in [2.75, 3.05) is 11.9 Å². The molecule has 3 heterocycles. The Bertz CT molecular complexity index is 1050. The number of nitrogens with two attached hydrogens (primary N) is 1. The number of pyridine rings is 1. The monoisotopic (exact) mass is 529 g/mol. The van der Waals surface area contributed by atoms with Gasteiger partial charge in [-0.15, -0.1) is 0 Å². The molecule has 1 aromatic carbocycles. The molecular formula is C24H33ClN6Y-2. The average Bonchev–Trinajstić information content (AvgIpc) is 3.21. The van der Waals surface area contributed by atoms with Crippen LogP contribution < -0.4 is 10.6 Å². The minimum atomic E-state index is -0.0730. The van der Waals surface area contributed by atoms with Gasteiger partial charge in [0.2, 0.25) is 0 Å². The number of imidazole rings is 1. The number of nitrogens with one attached hydrogen (secondary N) is 1. The molecule has 3 aromatic rings. The van der Waals surface area contributed by atoms with Crippen molar-refractivity contribution in [1.82, 2.24) is 14.6 Å². The molecular weight excluding hydrogens is 497 g/mol. The Balaban J connectivity index is 0.00000125. The van der Waals surface area contributed by atoms with Gasteiger partial charge in [0.05, 0.1) is 29.5 Å². The SMILES string of the molecule is C=C1N(Cc2nc3ccc(Cl)cc3n2[NH-])c2cnccc2C1(CC)CCCC.CN.[CH3-].[Y]. The van der Waals surface area contributed by atoms with Gasteiger partial charge in [0.15, 0.2) is 0 Å². The molecule has 2 aromatic heterocycles. The second-order valence-corrected chi connectivity index (χ2v) is 7.90. The topological polar surface area (TPSA) is 83.8 Å². The molecule has 0 fully saturated rings. The van der Waals surface area contributed by atoms with Gasteiger partial charge in [-0.2, -0.15) is 0 Å². The average molecular weight is 530 g/mol. The number of fused-ring (bicyclic) bond motifs is 2. The Hall–Kier alpha value is -1.47. The zero-order chi connectivity index (χ0) is 21.9. The van der Waals surface area contributed by atoms with E-state index < -0.39 is 0 Å². The summed E-state index contributed by atoms with van der Waals surface area (Å²) >= 11 is 6.11. The van der Waals surface area contributed by atoms with Crippen LogP contribution in [0.4, 0.5) is 5.69 Å². The number of allylic oxidation sites excluding steroid dienone is 1. The predicted molar refractivity (Wildman–Crippen MR) is 132 cm³/mol. The van der Waals surface area contributed by atoms with Crippen LogP contribution in [-0.2, 0) is 44.7 Å². The first-order valence-corrected chi connectivity index (χ1v) is 10.8. The maximum Gasteiger partial charge on any atom is 0.116 e. The molecule has 1 aliphatic heterocycles. The van der Waals surface area contributed by atoms with Gasteiger partial charge in [0.25, 0.3) is 0 Å². The van der Waals surface area contributed by atoms with Gasteiger partial charge in [-0.1, -0.05) is 44.9 Å². The minimum Gasteiger partial charge on any atom is -0.630 e. The van der Waals surface area contributed by atoms with Crippen molar-refractivity contribution in [3.8, 4) is 0 Å². The minimum absolute atomic E-state index is 0. The smallest absolute Gasteiger partial charge is 0.116 e. The van der Waals surface area contributed by atoms with E-state index in [1.807, 2.05) is 24.5 Å². The molecule has 0 saturated heterocycles. The Labute approximate surface area is 222 Å². The van der Waals surface area contributed by atoms with E-state index in [0.717, 1.165) is 42.6 Å². The van der Waals surface area contributed by atoms with E-state index in [1.54, 1.807) is 6.07 Å². The number of hydrogen-bond donors (Lipinski definition) is 1. The maximum absolute atomic E-state index is 8.51. The first-order valence-electron chi connectivity index (χ1n) is 10.4. The van der Waals surface area contributed by atoms with E-state index in [0.29, 0.717) is 22.9 Å². The number of benzene rings is 1. The predicted octanol–water partition coefficient (Wildman–Crippen LogP) is 6.29. The Kier molecular flexibility index (Phi) is 10.8. The van der Waals surface area contributed by atoms with E-state index in [1.165, 1.54) is 17.3 Å². The summed E-state index contributed by atoms with van der Waals surface area (Å²) in [6.45, 7) is 9.44. The van der Waals surface area contributed by atoms with Crippen molar-refractivity contribution in [3.05, 3.63) is 78.6 Å². The third-order valence-electron chi connectivity index (χ3n) is 6.03. The normalized spacial score (nSPS) is 16.7. The van der Waals surface area contributed by atoms with Crippen LogP contribution in [-0.4, -0.2) is 21.7 Å². The largest absolute Gasteiger partial charge is 0.630 e. The first kappa shape index (κ1) is 28.6. The molecule has 0 saturated carbocycles. The third kappa shape index (κ3) is 4.89. The number of halogens is 1. The Morgan fingerprint density at radius 1 is 1.22 bits per heavy atom. The molecule has 0 aliphatic carbocycles. The molecule has 1 atom stereocenters. The number of anilines is 1. The fraction of sp³-hybridized carbons (Fsp3) is 0.375. The van der Waals surface area contributed by atoms with Gasteiger partial charge in [0.1, 0.15) is 5.82 Å². The molecule has 8 heteroatoms. The summed E-state index contributed by atoms with van der Waals surface area (Å²) in [7, 11) is 1.50. The number of hydrogen-bond acceptors (Lipinski definition) is 4. The van der Waals surface area contributed by atoms with Gasteiger partial charge in [-0.05, 0) is 49.7 Å². The second-order valence-electron chi connectivity index (χ2n) is 7.46. The summed E-state index contributed by atoms with van der Waals surface area (Å²) in [4.78, 5) is 11.2. The number of unbranched alkanes of at least 4 members (excludes halogenated alkanes) is 1. The zero-order valence-electron chi connectivity index (χ0n) is 19.5. The molecule has 0 spiro atoms. The zero-order valence-corrected chi connectivity index (χ0v) is 23.1. The van der Waals surface area contributed by atoms with E-state index in [4.69, 9.17) is 17.4 Å². The maximum atomic E-state index is 8.51.